The van der Waals surface area contributed by atoms with E-state index in [1.807, 2.05) is 0 Å². The number of aliphatic hydroxyl groups is 2. The van der Waals surface area contributed by atoms with Gasteiger partial charge in [0.05, 0.1) is 18.1 Å². The summed E-state index contributed by atoms with van der Waals surface area (Å²) in [5.74, 6) is 0. The van der Waals surface area contributed by atoms with E-state index in [4.69, 9.17) is 11.6 Å². The van der Waals surface area contributed by atoms with Crippen molar-refractivity contribution < 1.29 is 10.2 Å². The summed E-state index contributed by atoms with van der Waals surface area (Å²) in [4.78, 5) is 7.16. The van der Waals surface area contributed by atoms with Crippen molar-refractivity contribution in [1.82, 2.24) is 4.98 Å². The first-order chi connectivity index (χ1) is 8.76. The summed E-state index contributed by atoms with van der Waals surface area (Å²) in [7, 11) is 0. The van der Waals surface area contributed by atoms with E-state index in [2.05, 4.69) is 9.88 Å². The Morgan fingerprint density at radius 2 is 2.00 bits per heavy atom. The molecule has 1 fully saturated rings. The lowest BCUT2D eigenvalue weighted by molar-refractivity contribution is 0.285. The standard InChI is InChI=1S/C12H19ClN2O2S/c13-11-10(8-17)18-12(14-11)15(6-7-16)9-4-2-1-3-5-9/h9,16-17H,1-8H2. The number of halogens is 1. The Hall–Kier alpha value is -0.360. The Labute approximate surface area is 116 Å². The molecule has 1 aliphatic carbocycles. The van der Waals surface area contributed by atoms with Crippen LogP contribution in [0.4, 0.5) is 5.13 Å². The van der Waals surface area contributed by atoms with E-state index >= 15 is 0 Å². The minimum Gasteiger partial charge on any atom is -0.395 e. The van der Waals surface area contributed by atoms with Crippen LogP contribution in [0.1, 0.15) is 37.0 Å². The van der Waals surface area contributed by atoms with E-state index in [1.165, 1.54) is 30.6 Å². The zero-order valence-electron chi connectivity index (χ0n) is 10.3. The van der Waals surface area contributed by atoms with Crippen LogP contribution < -0.4 is 4.90 Å². The molecule has 102 valence electrons. The summed E-state index contributed by atoms with van der Waals surface area (Å²) >= 11 is 7.40. The molecule has 1 aromatic heterocycles. The maximum Gasteiger partial charge on any atom is 0.187 e. The molecule has 4 nitrogen and oxygen atoms in total. The van der Waals surface area contributed by atoms with Crippen LogP contribution >= 0.6 is 22.9 Å². The fourth-order valence-corrected chi connectivity index (χ4v) is 3.69. The Balaban J connectivity index is 2.16. The molecule has 0 atom stereocenters. The topological polar surface area (TPSA) is 56.6 Å². The third-order valence-electron chi connectivity index (χ3n) is 3.38. The molecule has 18 heavy (non-hydrogen) atoms. The molecule has 0 bridgehead atoms. The smallest absolute Gasteiger partial charge is 0.187 e. The summed E-state index contributed by atoms with van der Waals surface area (Å²) in [5, 5.41) is 19.6. The van der Waals surface area contributed by atoms with Gasteiger partial charge in [0.15, 0.2) is 5.13 Å². The Morgan fingerprint density at radius 3 is 2.56 bits per heavy atom. The third-order valence-corrected chi connectivity index (χ3v) is 4.89. The zero-order valence-corrected chi connectivity index (χ0v) is 11.9. The van der Waals surface area contributed by atoms with Gasteiger partial charge < -0.3 is 15.1 Å². The number of thiazole rings is 1. The van der Waals surface area contributed by atoms with E-state index < -0.39 is 0 Å². The quantitative estimate of drug-likeness (QED) is 0.874. The fourth-order valence-electron chi connectivity index (χ4n) is 2.48. The third kappa shape index (κ3) is 3.15. The summed E-state index contributed by atoms with van der Waals surface area (Å²) in [6.07, 6.45) is 6.05. The van der Waals surface area contributed by atoms with Crippen LogP contribution in [0.2, 0.25) is 5.15 Å². The van der Waals surface area contributed by atoms with Crippen molar-refractivity contribution >= 4 is 28.1 Å². The predicted octanol–water partition coefficient (Wildman–Crippen LogP) is 2.42. The fraction of sp³-hybridized carbons (Fsp3) is 0.750. The average molecular weight is 291 g/mol. The van der Waals surface area contributed by atoms with E-state index in [9.17, 15) is 10.2 Å². The van der Waals surface area contributed by atoms with Crippen molar-refractivity contribution in [3.05, 3.63) is 10.0 Å². The summed E-state index contributed by atoms with van der Waals surface area (Å²) in [6, 6.07) is 0.444. The van der Waals surface area contributed by atoms with Gasteiger partial charge in [0.25, 0.3) is 0 Å². The number of aliphatic hydroxyl groups excluding tert-OH is 2. The zero-order chi connectivity index (χ0) is 13.0. The largest absolute Gasteiger partial charge is 0.395 e. The molecule has 2 rings (SSSR count). The molecule has 1 aromatic rings. The van der Waals surface area contributed by atoms with Gasteiger partial charge >= 0.3 is 0 Å². The van der Waals surface area contributed by atoms with Crippen LogP contribution in [0.3, 0.4) is 0 Å². The number of hydrogen-bond donors (Lipinski definition) is 2. The van der Waals surface area contributed by atoms with Crippen LogP contribution in [-0.4, -0.2) is 34.4 Å². The van der Waals surface area contributed by atoms with E-state index in [0.29, 0.717) is 22.6 Å². The van der Waals surface area contributed by atoms with Crippen molar-refractivity contribution in [2.45, 2.75) is 44.8 Å². The van der Waals surface area contributed by atoms with Crippen LogP contribution in [0, 0.1) is 0 Å². The Bertz CT molecular complexity index is 380. The first-order valence-electron chi connectivity index (χ1n) is 6.39. The first kappa shape index (κ1) is 14.1. The summed E-state index contributed by atoms with van der Waals surface area (Å²) in [5.41, 5.74) is 0. The SMILES string of the molecule is OCCN(c1nc(Cl)c(CO)s1)C1CCCCC1. The van der Waals surface area contributed by atoms with Gasteiger partial charge in [-0.05, 0) is 12.8 Å². The van der Waals surface area contributed by atoms with Gasteiger partial charge in [0, 0.05) is 12.6 Å². The molecule has 0 saturated heterocycles. The molecule has 2 N–H and O–H groups in total. The Morgan fingerprint density at radius 1 is 1.28 bits per heavy atom. The Kier molecular flexibility index (Phi) is 5.24. The van der Waals surface area contributed by atoms with Crippen LogP contribution in [0.5, 0.6) is 0 Å². The minimum atomic E-state index is -0.0753. The molecule has 0 spiro atoms. The molecule has 1 saturated carbocycles. The number of hydrogen-bond acceptors (Lipinski definition) is 5. The second kappa shape index (κ2) is 6.70. The van der Waals surface area contributed by atoms with Gasteiger partial charge in [-0.15, -0.1) is 0 Å². The lowest BCUT2D eigenvalue weighted by Crippen LogP contribution is -2.38. The van der Waals surface area contributed by atoms with E-state index in [1.54, 1.807) is 0 Å². The molecule has 0 unspecified atom stereocenters. The molecular weight excluding hydrogens is 272 g/mol. The van der Waals surface area contributed by atoms with E-state index in [0.717, 1.165) is 18.0 Å². The van der Waals surface area contributed by atoms with Gasteiger partial charge in [-0.3, -0.25) is 0 Å². The molecule has 0 aliphatic heterocycles. The monoisotopic (exact) mass is 290 g/mol. The molecular formula is C12H19ClN2O2S. The van der Waals surface area contributed by atoms with E-state index in [-0.39, 0.29) is 13.2 Å². The average Bonchev–Trinajstić information content (AvgIpc) is 2.78. The van der Waals surface area contributed by atoms with Crippen molar-refractivity contribution in [2.24, 2.45) is 0 Å². The highest BCUT2D eigenvalue weighted by Gasteiger charge is 2.24. The van der Waals surface area contributed by atoms with Crippen molar-refractivity contribution in [3.63, 3.8) is 0 Å². The van der Waals surface area contributed by atoms with Gasteiger partial charge in [0.1, 0.15) is 5.15 Å². The molecule has 6 heteroatoms. The van der Waals surface area contributed by atoms with Crippen LogP contribution in [-0.2, 0) is 6.61 Å². The van der Waals surface area contributed by atoms with Crippen LogP contribution in [0.15, 0.2) is 0 Å². The summed E-state index contributed by atoms with van der Waals surface area (Å²) < 4.78 is 0. The van der Waals surface area contributed by atoms with Gasteiger partial charge in [-0.1, -0.05) is 42.2 Å². The number of nitrogens with zero attached hydrogens (tertiary/aromatic N) is 2. The minimum absolute atomic E-state index is 0.0753. The highest BCUT2D eigenvalue weighted by atomic mass is 35.5. The maximum absolute atomic E-state index is 9.21. The number of aromatic nitrogens is 1. The first-order valence-corrected chi connectivity index (χ1v) is 7.59. The molecule has 0 aromatic carbocycles. The van der Waals surface area contributed by atoms with Gasteiger partial charge in [-0.2, -0.15) is 0 Å². The molecule has 0 radical (unpaired) electrons. The molecule has 1 heterocycles. The van der Waals surface area contributed by atoms with Crippen LogP contribution in [0.25, 0.3) is 0 Å². The molecule has 1 aliphatic rings. The van der Waals surface area contributed by atoms with Crippen molar-refractivity contribution in [1.29, 1.82) is 0 Å². The second-order valence-electron chi connectivity index (χ2n) is 4.58. The molecule has 0 amide bonds. The number of rotatable bonds is 5. The van der Waals surface area contributed by atoms with Crippen molar-refractivity contribution in [3.8, 4) is 0 Å². The normalized spacial score (nSPS) is 17.1. The lowest BCUT2D eigenvalue weighted by atomic mass is 9.94. The highest BCUT2D eigenvalue weighted by Crippen LogP contribution is 2.33. The summed E-state index contributed by atoms with van der Waals surface area (Å²) in [6.45, 7) is 0.621. The van der Waals surface area contributed by atoms with Gasteiger partial charge in [0.2, 0.25) is 0 Å². The highest BCUT2D eigenvalue weighted by molar-refractivity contribution is 7.16. The van der Waals surface area contributed by atoms with Crippen molar-refractivity contribution in [2.75, 3.05) is 18.1 Å². The maximum atomic E-state index is 9.21. The van der Waals surface area contributed by atoms with Gasteiger partial charge in [-0.25, -0.2) is 4.98 Å². The predicted molar refractivity (Wildman–Crippen MR) is 74.4 cm³/mol. The lowest BCUT2D eigenvalue weighted by Gasteiger charge is -2.33. The number of anilines is 1. The second-order valence-corrected chi connectivity index (χ2v) is 6.00.